The molecule has 4 N–H and O–H groups in total. The lowest BCUT2D eigenvalue weighted by Gasteiger charge is -2.34. The van der Waals surface area contributed by atoms with E-state index in [2.05, 4.69) is 32.7 Å². The molecule has 12 heteroatoms. The number of fused-ring (bicyclic) bond motifs is 1. The smallest absolute Gasteiger partial charge is 0.225 e. The number of imidazole rings is 1. The molecular weight excluding hydrogens is 557 g/mol. The van der Waals surface area contributed by atoms with Crippen LogP contribution in [0.1, 0.15) is 50.1 Å². The van der Waals surface area contributed by atoms with Crippen LogP contribution in [0.5, 0.6) is 0 Å². The van der Waals surface area contributed by atoms with E-state index in [9.17, 15) is 10.1 Å². The number of piperidine rings is 1. The van der Waals surface area contributed by atoms with Gasteiger partial charge in [0.2, 0.25) is 17.8 Å². The van der Waals surface area contributed by atoms with Gasteiger partial charge < -0.3 is 21.3 Å². The molecule has 1 saturated heterocycles. The van der Waals surface area contributed by atoms with Gasteiger partial charge in [-0.05, 0) is 62.8 Å². The maximum absolute atomic E-state index is 15.0. The van der Waals surface area contributed by atoms with Gasteiger partial charge in [-0.15, -0.1) is 0 Å². The van der Waals surface area contributed by atoms with Gasteiger partial charge in [-0.1, -0.05) is 29.8 Å². The van der Waals surface area contributed by atoms with E-state index in [1.165, 1.54) is 11.8 Å². The summed E-state index contributed by atoms with van der Waals surface area (Å²) in [5, 5.41) is 15.8. The van der Waals surface area contributed by atoms with Gasteiger partial charge in [0.05, 0.1) is 28.5 Å². The van der Waals surface area contributed by atoms with Gasteiger partial charge in [0.25, 0.3) is 0 Å². The zero-order valence-electron chi connectivity index (χ0n) is 22.9. The van der Waals surface area contributed by atoms with Crippen LogP contribution in [0.25, 0.3) is 11.2 Å². The van der Waals surface area contributed by atoms with Gasteiger partial charge in [0.15, 0.2) is 5.65 Å². The van der Waals surface area contributed by atoms with Crippen molar-refractivity contribution in [1.29, 1.82) is 5.26 Å². The first kappa shape index (κ1) is 27.7. The number of nitrogens with one attached hydrogen (secondary N) is 2. The number of nitriles is 1. The highest BCUT2D eigenvalue weighted by atomic mass is 35.5. The van der Waals surface area contributed by atoms with Crippen LogP contribution in [0.2, 0.25) is 5.02 Å². The summed E-state index contributed by atoms with van der Waals surface area (Å²) in [7, 11) is 0. The summed E-state index contributed by atoms with van der Waals surface area (Å²) in [5.41, 5.74) is 8.05. The topological polar surface area (TPSA) is 138 Å². The number of carbonyl (C=O) groups is 1. The standard InChI is InChI=1S/C30H31ClFN9O/c31-23-13-18(15-33)14-24(32)26(23)38-30-37-25-16-35-29(36-20-5-4-12-40(17-20)21-6-2-1-3-7-21)39-28(25)41(30)22-10-8-19(9-11-22)27(34)42/h1-3,6-7,13-14,16,19-20,22H,4-5,8-12,17H2,(H2,34,42)(H,37,38)(H,35,36,39)/t19?,20-,22?/m1/s1. The molecule has 1 aliphatic carbocycles. The Hall–Kier alpha value is -4.43. The summed E-state index contributed by atoms with van der Waals surface area (Å²) in [6.07, 6.45) is 6.33. The number of anilines is 4. The first-order chi connectivity index (χ1) is 20.4. The highest BCUT2D eigenvalue weighted by molar-refractivity contribution is 6.33. The van der Waals surface area contributed by atoms with Crippen molar-refractivity contribution in [2.24, 2.45) is 11.7 Å². The molecule has 4 aromatic rings. The van der Waals surface area contributed by atoms with Gasteiger partial charge in [0.1, 0.15) is 11.3 Å². The van der Waals surface area contributed by atoms with Crippen molar-refractivity contribution in [1.82, 2.24) is 19.5 Å². The molecule has 1 saturated carbocycles. The number of hydrogen-bond acceptors (Lipinski definition) is 8. The molecular formula is C30H31ClFN9O. The molecule has 2 aromatic carbocycles. The second-order valence-corrected chi connectivity index (χ2v) is 11.3. The molecule has 10 nitrogen and oxygen atoms in total. The van der Waals surface area contributed by atoms with E-state index in [-0.39, 0.29) is 40.2 Å². The Morgan fingerprint density at radius 1 is 1.12 bits per heavy atom. The van der Waals surface area contributed by atoms with Crippen LogP contribution in [0, 0.1) is 23.1 Å². The lowest BCUT2D eigenvalue weighted by molar-refractivity contribution is -0.122. The van der Waals surface area contributed by atoms with E-state index in [0.29, 0.717) is 48.7 Å². The van der Waals surface area contributed by atoms with E-state index in [4.69, 9.17) is 27.3 Å². The number of carbonyl (C=O) groups excluding carboxylic acids is 1. The lowest BCUT2D eigenvalue weighted by atomic mass is 9.85. The average molecular weight is 588 g/mol. The summed E-state index contributed by atoms with van der Waals surface area (Å²) in [6, 6.07) is 14.9. The van der Waals surface area contributed by atoms with Crippen LogP contribution in [-0.4, -0.2) is 44.6 Å². The predicted molar refractivity (Wildman–Crippen MR) is 160 cm³/mol. The minimum absolute atomic E-state index is 0.0209. The molecule has 1 atom stereocenters. The Kier molecular flexibility index (Phi) is 7.80. The molecule has 6 rings (SSSR count). The van der Waals surface area contributed by atoms with Crippen molar-refractivity contribution in [3.05, 3.63) is 65.1 Å². The van der Waals surface area contributed by atoms with E-state index >= 15 is 4.39 Å². The Labute approximate surface area is 247 Å². The summed E-state index contributed by atoms with van der Waals surface area (Å²) < 4.78 is 17.0. The molecule has 0 unspecified atom stereocenters. The van der Waals surface area contributed by atoms with Gasteiger partial charge in [-0.3, -0.25) is 9.36 Å². The third-order valence-corrected chi connectivity index (χ3v) is 8.48. The Balaban J connectivity index is 1.32. The van der Waals surface area contributed by atoms with Crippen LogP contribution in [0.4, 0.5) is 27.7 Å². The van der Waals surface area contributed by atoms with Gasteiger partial charge >= 0.3 is 0 Å². The van der Waals surface area contributed by atoms with Crippen molar-refractivity contribution in [2.45, 2.75) is 50.6 Å². The van der Waals surface area contributed by atoms with Crippen molar-refractivity contribution in [3.8, 4) is 6.07 Å². The quantitative estimate of drug-likeness (QED) is 0.256. The van der Waals surface area contributed by atoms with Crippen LogP contribution >= 0.6 is 11.6 Å². The third kappa shape index (κ3) is 5.67. The molecule has 2 aliphatic rings. The molecule has 0 bridgehead atoms. The molecule has 0 radical (unpaired) electrons. The molecule has 2 fully saturated rings. The first-order valence-corrected chi connectivity index (χ1v) is 14.5. The highest BCUT2D eigenvalue weighted by Crippen LogP contribution is 2.38. The first-order valence-electron chi connectivity index (χ1n) is 14.2. The molecule has 0 spiro atoms. The number of hydrogen-bond donors (Lipinski definition) is 3. The van der Waals surface area contributed by atoms with E-state index in [1.807, 2.05) is 28.8 Å². The fraction of sp³-hybridized carbons (Fsp3) is 0.367. The van der Waals surface area contributed by atoms with E-state index in [0.717, 1.165) is 32.0 Å². The number of primary amides is 1. The molecule has 42 heavy (non-hydrogen) atoms. The minimum Gasteiger partial charge on any atom is -0.369 e. The maximum Gasteiger partial charge on any atom is 0.225 e. The zero-order valence-corrected chi connectivity index (χ0v) is 23.7. The summed E-state index contributed by atoms with van der Waals surface area (Å²) in [4.78, 5) is 28.3. The predicted octanol–water partition coefficient (Wildman–Crippen LogP) is 5.53. The SMILES string of the molecule is N#Cc1cc(F)c(Nc2nc3cnc(N[C@@H]4CCCN(c5ccccc5)C4)nc3n2C2CCC(C(N)=O)CC2)c(Cl)c1. The normalized spacial score (nSPS) is 20.7. The number of halogens is 2. The molecule has 2 aromatic heterocycles. The number of para-hydroxylation sites is 1. The molecule has 1 aliphatic heterocycles. The van der Waals surface area contributed by atoms with Crippen molar-refractivity contribution >= 4 is 51.9 Å². The Morgan fingerprint density at radius 2 is 1.90 bits per heavy atom. The van der Waals surface area contributed by atoms with Crippen LogP contribution < -0.4 is 21.3 Å². The fourth-order valence-corrected chi connectivity index (χ4v) is 6.29. The summed E-state index contributed by atoms with van der Waals surface area (Å²) in [6.45, 7) is 1.82. The average Bonchev–Trinajstić information content (AvgIpc) is 3.36. The van der Waals surface area contributed by atoms with Gasteiger partial charge in [0, 0.05) is 36.8 Å². The fourth-order valence-electron chi connectivity index (χ4n) is 6.03. The van der Waals surface area contributed by atoms with Crippen LogP contribution in [0.3, 0.4) is 0 Å². The summed E-state index contributed by atoms with van der Waals surface area (Å²) >= 11 is 6.36. The molecule has 3 heterocycles. The van der Waals surface area contributed by atoms with Crippen molar-refractivity contribution in [3.63, 3.8) is 0 Å². The highest BCUT2D eigenvalue weighted by Gasteiger charge is 2.30. The largest absolute Gasteiger partial charge is 0.369 e. The Bertz CT molecular complexity index is 1620. The van der Waals surface area contributed by atoms with Gasteiger partial charge in [-0.2, -0.15) is 10.2 Å². The van der Waals surface area contributed by atoms with Crippen LogP contribution in [0.15, 0.2) is 48.7 Å². The second kappa shape index (κ2) is 11.8. The number of rotatable bonds is 7. The zero-order chi connectivity index (χ0) is 29.2. The molecule has 216 valence electrons. The number of nitrogens with two attached hydrogens (primary N) is 1. The number of amides is 1. The van der Waals surface area contributed by atoms with E-state index in [1.54, 1.807) is 6.20 Å². The Morgan fingerprint density at radius 3 is 2.62 bits per heavy atom. The van der Waals surface area contributed by atoms with Crippen molar-refractivity contribution in [2.75, 3.05) is 28.6 Å². The number of aromatic nitrogens is 4. The third-order valence-electron chi connectivity index (χ3n) is 8.18. The van der Waals surface area contributed by atoms with E-state index < -0.39 is 5.82 Å². The minimum atomic E-state index is -0.663. The second-order valence-electron chi connectivity index (χ2n) is 10.9. The monoisotopic (exact) mass is 587 g/mol. The summed E-state index contributed by atoms with van der Waals surface area (Å²) in [5.74, 6) is -0.284. The molecule has 1 amide bonds. The maximum atomic E-state index is 15.0. The van der Waals surface area contributed by atoms with Crippen LogP contribution in [-0.2, 0) is 4.79 Å². The number of benzene rings is 2. The number of nitrogens with zero attached hydrogens (tertiary/aromatic N) is 6. The van der Waals surface area contributed by atoms with Gasteiger partial charge in [-0.25, -0.2) is 14.4 Å². The lowest BCUT2D eigenvalue weighted by Crippen LogP contribution is -2.42. The van der Waals surface area contributed by atoms with Crippen molar-refractivity contribution < 1.29 is 9.18 Å².